The zero-order chi connectivity index (χ0) is 15.7. The second-order valence-electron chi connectivity index (χ2n) is 2.93. The zero-order valence-corrected chi connectivity index (χ0v) is 8.88. The minimum absolute atomic E-state index is 0.130. The number of benzene rings is 1. The van der Waals surface area contributed by atoms with Crippen LogP contribution < -0.4 is 0 Å². The summed E-state index contributed by atoms with van der Waals surface area (Å²) in [6.45, 7) is -5.55. The van der Waals surface area contributed by atoms with Gasteiger partial charge in [-0.25, -0.2) is 0 Å². The molecule has 0 aromatic heterocycles. The van der Waals surface area contributed by atoms with Crippen molar-refractivity contribution in [2.75, 3.05) is 20.2 Å². The summed E-state index contributed by atoms with van der Waals surface area (Å²) in [5.41, 5.74) is 0.0370. The molecule has 0 fully saturated rings. The van der Waals surface area contributed by atoms with Crippen molar-refractivity contribution < 1.29 is 25.0 Å². The maximum atomic E-state index is 9.82. The molecular formula is C11H12N2O4. The molecule has 0 radical (unpaired) electrons. The Balaban J connectivity index is 2.45. The highest BCUT2D eigenvalue weighted by atomic mass is 16.7. The lowest BCUT2D eigenvalue weighted by Gasteiger charge is -2.15. The summed E-state index contributed by atoms with van der Waals surface area (Å²) in [4.78, 5) is 9.12. The summed E-state index contributed by atoms with van der Waals surface area (Å²) in [5, 5.41) is 16.8. The second kappa shape index (κ2) is 5.20. The Bertz CT molecular complexity index is 604. The van der Waals surface area contributed by atoms with E-state index in [1.807, 2.05) is 0 Å². The monoisotopic (exact) mass is 240 g/mol. The lowest BCUT2D eigenvalue weighted by Crippen LogP contribution is -2.25. The van der Waals surface area contributed by atoms with Crippen molar-refractivity contribution in [1.29, 1.82) is 0 Å². The average Bonchev–Trinajstić information content (AvgIpc) is 2.40. The fraction of sp³-hybridized carbons (Fsp3) is 0.273. The third-order valence-electron chi connectivity index (χ3n) is 1.91. The van der Waals surface area contributed by atoms with Crippen LogP contribution in [0.1, 0.15) is 11.0 Å². The minimum atomic E-state index is -2.79. The Hall–Kier alpha value is -2.24. The van der Waals surface area contributed by atoms with E-state index in [9.17, 15) is 5.11 Å². The van der Waals surface area contributed by atoms with E-state index in [-0.39, 0.29) is 17.0 Å². The quantitative estimate of drug-likeness (QED) is 0.634. The maximum Gasteiger partial charge on any atom is 0.280 e. The molecule has 0 atom stereocenters. The molecule has 0 bridgehead atoms. The van der Waals surface area contributed by atoms with Gasteiger partial charge in [-0.3, -0.25) is 0 Å². The van der Waals surface area contributed by atoms with E-state index < -0.39 is 19.0 Å². The number of phenolic OH excluding ortho intramolecular Hbond substituents is 1. The molecular weight excluding hydrogens is 224 g/mol. The molecule has 1 aliphatic rings. The van der Waals surface area contributed by atoms with E-state index >= 15 is 0 Å². The summed E-state index contributed by atoms with van der Waals surface area (Å²) in [6.07, 6.45) is 0. The summed E-state index contributed by atoms with van der Waals surface area (Å²) in [5.74, 6) is -0.604. The standard InChI is InChI=1S/C11H12N2O4/c1-15-12-10(11-13-17-7-6-16-11)8-4-2-3-5-9(8)14/h2-5,14H,6-7H2,1H3/b12-10+/i6D2,7D2. The van der Waals surface area contributed by atoms with Crippen LogP contribution in [0.25, 0.3) is 0 Å². The van der Waals surface area contributed by atoms with Gasteiger partial charge in [0.1, 0.15) is 19.4 Å². The zero-order valence-electron chi connectivity index (χ0n) is 12.9. The van der Waals surface area contributed by atoms with Crippen molar-refractivity contribution in [3.05, 3.63) is 29.8 Å². The first kappa shape index (κ1) is 7.16. The summed E-state index contributed by atoms with van der Waals surface area (Å²) < 4.78 is 34.5. The van der Waals surface area contributed by atoms with Gasteiger partial charge in [0.05, 0.1) is 11.0 Å². The second-order valence-corrected chi connectivity index (χ2v) is 2.93. The molecule has 17 heavy (non-hydrogen) atoms. The SMILES string of the molecule is [2H]C1([2H])ON=C(/C(=N/OC)c2ccccc2O)OC1([2H])[2H]. The molecule has 1 N–H and O–H groups in total. The fourth-order valence-corrected chi connectivity index (χ4v) is 1.23. The fourth-order valence-electron chi connectivity index (χ4n) is 1.23. The number of ether oxygens (including phenoxy) is 1. The first-order valence-electron chi connectivity index (χ1n) is 6.63. The van der Waals surface area contributed by atoms with Gasteiger partial charge < -0.3 is 19.5 Å². The molecule has 6 nitrogen and oxygen atoms in total. The summed E-state index contributed by atoms with van der Waals surface area (Å²) in [6, 6.07) is 6.07. The van der Waals surface area contributed by atoms with Gasteiger partial charge in [0.2, 0.25) is 0 Å². The number of para-hydroxylation sites is 1. The van der Waals surface area contributed by atoms with Gasteiger partial charge >= 0.3 is 0 Å². The van der Waals surface area contributed by atoms with Gasteiger partial charge in [-0.2, -0.15) is 0 Å². The third kappa shape index (κ3) is 2.47. The minimum Gasteiger partial charge on any atom is -0.507 e. The van der Waals surface area contributed by atoms with Crippen LogP contribution in [0.15, 0.2) is 34.6 Å². The Kier molecular flexibility index (Phi) is 2.19. The van der Waals surface area contributed by atoms with Crippen LogP contribution in [0.3, 0.4) is 0 Å². The molecule has 0 saturated carbocycles. The van der Waals surface area contributed by atoms with Crippen LogP contribution in [0.4, 0.5) is 0 Å². The molecule has 90 valence electrons. The van der Waals surface area contributed by atoms with Gasteiger partial charge in [0.25, 0.3) is 5.90 Å². The third-order valence-corrected chi connectivity index (χ3v) is 1.91. The van der Waals surface area contributed by atoms with Crippen molar-refractivity contribution in [1.82, 2.24) is 0 Å². The predicted octanol–water partition coefficient (Wildman–Crippen LogP) is 1.10. The Morgan fingerprint density at radius 1 is 1.53 bits per heavy atom. The van der Waals surface area contributed by atoms with Crippen molar-refractivity contribution in [3.63, 3.8) is 0 Å². The van der Waals surface area contributed by atoms with Crippen LogP contribution in [0.5, 0.6) is 5.75 Å². The topological polar surface area (TPSA) is 72.6 Å². The van der Waals surface area contributed by atoms with Crippen molar-refractivity contribution in [2.45, 2.75) is 0 Å². The molecule has 1 aliphatic heterocycles. The first-order chi connectivity index (χ1) is 9.78. The van der Waals surface area contributed by atoms with Crippen molar-refractivity contribution in [2.24, 2.45) is 10.3 Å². The van der Waals surface area contributed by atoms with Gasteiger partial charge in [-0.15, -0.1) is 0 Å². The highest BCUT2D eigenvalue weighted by Gasteiger charge is 2.20. The number of rotatable bonds is 3. The molecule has 1 aromatic carbocycles. The van der Waals surface area contributed by atoms with E-state index in [2.05, 4.69) is 20.0 Å². The molecule has 0 saturated heterocycles. The Morgan fingerprint density at radius 2 is 2.35 bits per heavy atom. The van der Waals surface area contributed by atoms with E-state index in [4.69, 9.17) is 10.2 Å². The van der Waals surface area contributed by atoms with Crippen LogP contribution >= 0.6 is 0 Å². The maximum absolute atomic E-state index is 9.82. The predicted molar refractivity (Wildman–Crippen MR) is 61.0 cm³/mol. The first-order valence-corrected chi connectivity index (χ1v) is 4.63. The number of hydrogen-bond donors (Lipinski definition) is 1. The van der Waals surface area contributed by atoms with Gasteiger partial charge in [0, 0.05) is 0 Å². The van der Waals surface area contributed by atoms with Gasteiger partial charge in [-0.1, -0.05) is 17.3 Å². The smallest absolute Gasteiger partial charge is 0.280 e. The van der Waals surface area contributed by atoms with E-state index in [0.717, 1.165) is 0 Å². The molecule has 1 heterocycles. The molecule has 0 amide bonds. The van der Waals surface area contributed by atoms with E-state index in [1.54, 1.807) is 12.1 Å². The molecule has 6 heteroatoms. The van der Waals surface area contributed by atoms with Crippen LogP contribution in [-0.2, 0) is 14.4 Å². The molecule has 0 spiro atoms. The van der Waals surface area contributed by atoms with Crippen molar-refractivity contribution >= 4 is 11.6 Å². The van der Waals surface area contributed by atoms with E-state index in [0.29, 0.717) is 0 Å². The number of nitrogens with zero attached hydrogens (tertiary/aromatic N) is 2. The number of aromatic hydroxyl groups is 1. The largest absolute Gasteiger partial charge is 0.507 e. The van der Waals surface area contributed by atoms with Gasteiger partial charge in [-0.05, 0) is 17.3 Å². The normalized spacial score (nSPS) is 25.0. The summed E-state index contributed by atoms with van der Waals surface area (Å²) in [7, 11) is 1.25. The lowest BCUT2D eigenvalue weighted by molar-refractivity contribution is 0.0672. The highest BCUT2D eigenvalue weighted by Crippen LogP contribution is 2.18. The average molecular weight is 240 g/mol. The lowest BCUT2D eigenvalue weighted by atomic mass is 10.1. The molecule has 0 unspecified atom stereocenters. The van der Waals surface area contributed by atoms with Crippen LogP contribution in [-0.4, -0.2) is 36.9 Å². The molecule has 0 aliphatic carbocycles. The Morgan fingerprint density at radius 3 is 3.06 bits per heavy atom. The van der Waals surface area contributed by atoms with Crippen LogP contribution in [0, 0.1) is 0 Å². The van der Waals surface area contributed by atoms with Gasteiger partial charge in [0.15, 0.2) is 12.3 Å². The molecule has 2 rings (SSSR count). The summed E-state index contributed by atoms with van der Waals surface area (Å²) >= 11 is 0. The Labute approximate surface area is 104 Å². The van der Waals surface area contributed by atoms with Crippen molar-refractivity contribution in [3.8, 4) is 5.75 Å². The number of oxime groups is 2. The van der Waals surface area contributed by atoms with E-state index in [1.165, 1.54) is 19.2 Å². The van der Waals surface area contributed by atoms with Crippen LogP contribution in [0.2, 0.25) is 0 Å². The number of phenols is 1. The number of hydrogen-bond acceptors (Lipinski definition) is 6. The highest BCUT2D eigenvalue weighted by molar-refractivity contribution is 6.45. The molecule has 1 aromatic rings.